The van der Waals surface area contributed by atoms with Crippen molar-refractivity contribution in [2.45, 2.75) is 25.7 Å². The fraction of sp³-hybridized carbons (Fsp3) is 0.300. The molecule has 0 saturated carbocycles. The minimum atomic E-state index is -0.537. The smallest absolute Gasteiger partial charge is 0.269 e. The maximum Gasteiger partial charge on any atom is 0.269 e. The molecule has 0 fully saturated rings. The van der Waals surface area contributed by atoms with Crippen LogP contribution in [-0.2, 0) is 10.5 Å². The van der Waals surface area contributed by atoms with Crippen molar-refractivity contribution >= 4 is 22.8 Å². The first-order chi connectivity index (χ1) is 12.1. The summed E-state index contributed by atoms with van der Waals surface area (Å²) in [5.41, 5.74) is 2.48. The van der Waals surface area contributed by atoms with E-state index in [9.17, 15) is 4.79 Å². The van der Waals surface area contributed by atoms with Crippen LogP contribution in [0.3, 0.4) is 0 Å². The molecule has 1 aliphatic rings. The Morgan fingerprint density at radius 1 is 1.24 bits per heavy atom. The van der Waals surface area contributed by atoms with Crippen molar-refractivity contribution in [1.29, 1.82) is 0 Å². The van der Waals surface area contributed by atoms with Gasteiger partial charge in [-0.1, -0.05) is 59.8 Å². The molecule has 0 saturated heterocycles. The molecule has 130 valence electrons. The highest BCUT2D eigenvalue weighted by Gasteiger charge is 2.29. The molecule has 0 aliphatic carbocycles. The number of aryl methyl sites for hydroxylation is 1. The normalized spacial score (nSPS) is 15.0. The summed E-state index contributed by atoms with van der Waals surface area (Å²) in [6.45, 7) is 5.15. The molecule has 0 bridgehead atoms. The van der Waals surface area contributed by atoms with E-state index in [2.05, 4.69) is 36.2 Å². The predicted octanol–water partition coefficient (Wildman–Crippen LogP) is 3.89. The van der Waals surface area contributed by atoms with Crippen LogP contribution in [0.15, 0.2) is 59.6 Å². The third-order valence-electron chi connectivity index (χ3n) is 3.92. The summed E-state index contributed by atoms with van der Waals surface area (Å²) in [6, 6.07) is 17.8. The van der Waals surface area contributed by atoms with Gasteiger partial charge in [-0.05, 0) is 31.5 Å². The minimum Gasteiger partial charge on any atom is -0.481 e. The lowest BCUT2D eigenvalue weighted by atomic mass is 10.2. The van der Waals surface area contributed by atoms with E-state index in [1.165, 1.54) is 11.1 Å². The van der Waals surface area contributed by atoms with Crippen LogP contribution in [0.25, 0.3) is 0 Å². The Bertz CT molecular complexity index is 761. The number of thioether (sulfide) groups is 1. The molecule has 3 rings (SSSR count). The van der Waals surface area contributed by atoms with Gasteiger partial charge in [-0.15, -0.1) is 0 Å². The Labute approximate surface area is 152 Å². The third kappa shape index (κ3) is 4.63. The van der Waals surface area contributed by atoms with Crippen LogP contribution in [-0.4, -0.2) is 35.2 Å². The van der Waals surface area contributed by atoms with Gasteiger partial charge in [0, 0.05) is 12.3 Å². The Morgan fingerprint density at radius 3 is 2.80 bits per heavy atom. The van der Waals surface area contributed by atoms with Crippen molar-refractivity contribution in [3.05, 3.63) is 65.7 Å². The van der Waals surface area contributed by atoms with Crippen LogP contribution in [0.1, 0.15) is 18.1 Å². The standard InChI is InChI=1S/C20H22N2O2S/c1-15-7-6-8-17(13-15)14-25-20-21-11-12-22(20)19(23)16(2)24-18-9-4-3-5-10-18/h3-10,13,16H,11-12,14H2,1-2H3. The molecular formula is C20H22N2O2S. The number of carbonyl (C=O) groups is 1. The molecule has 25 heavy (non-hydrogen) atoms. The predicted molar refractivity (Wildman–Crippen MR) is 103 cm³/mol. The maximum atomic E-state index is 12.7. The fourth-order valence-electron chi connectivity index (χ4n) is 2.68. The average molecular weight is 354 g/mol. The van der Waals surface area contributed by atoms with Gasteiger partial charge in [0.25, 0.3) is 5.91 Å². The minimum absolute atomic E-state index is 0.0446. The van der Waals surface area contributed by atoms with Crippen LogP contribution >= 0.6 is 11.8 Å². The summed E-state index contributed by atoms with van der Waals surface area (Å²) in [5.74, 6) is 1.46. The zero-order valence-electron chi connectivity index (χ0n) is 14.5. The van der Waals surface area contributed by atoms with Crippen LogP contribution in [0.5, 0.6) is 5.75 Å². The first-order valence-electron chi connectivity index (χ1n) is 8.39. The quantitative estimate of drug-likeness (QED) is 0.818. The second-order valence-electron chi connectivity index (χ2n) is 6.01. The molecule has 0 radical (unpaired) electrons. The summed E-state index contributed by atoms with van der Waals surface area (Å²) in [5, 5.41) is 0.787. The first-order valence-corrected chi connectivity index (χ1v) is 9.38. The summed E-state index contributed by atoms with van der Waals surface area (Å²) in [4.78, 5) is 19.0. The molecule has 1 atom stereocenters. The Kier molecular flexibility index (Phi) is 5.76. The summed E-state index contributed by atoms with van der Waals surface area (Å²) >= 11 is 1.61. The monoisotopic (exact) mass is 354 g/mol. The summed E-state index contributed by atoms with van der Waals surface area (Å²) in [6.07, 6.45) is -0.537. The van der Waals surface area contributed by atoms with Crippen molar-refractivity contribution < 1.29 is 9.53 Å². The van der Waals surface area contributed by atoms with Gasteiger partial charge in [0.2, 0.25) is 0 Å². The molecule has 1 unspecified atom stereocenters. The Balaban J connectivity index is 1.59. The molecule has 0 N–H and O–H groups in total. The van der Waals surface area contributed by atoms with Crippen molar-refractivity contribution in [3.63, 3.8) is 0 Å². The second-order valence-corrected chi connectivity index (χ2v) is 6.95. The zero-order valence-corrected chi connectivity index (χ0v) is 15.3. The summed E-state index contributed by atoms with van der Waals surface area (Å²) in [7, 11) is 0. The summed E-state index contributed by atoms with van der Waals surface area (Å²) < 4.78 is 5.76. The van der Waals surface area contributed by atoms with Crippen molar-refractivity contribution in [2.24, 2.45) is 4.99 Å². The van der Waals surface area contributed by atoms with E-state index in [-0.39, 0.29) is 5.91 Å². The van der Waals surface area contributed by atoms with Crippen molar-refractivity contribution in [3.8, 4) is 5.75 Å². The molecule has 1 heterocycles. The number of amides is 1. The van der Waals surface area contributed by atoms with Gasteiger partial charge in [0.15, 0.2) is 11.3 Å². The molecule has 0 aromatic heterocycles. The van der Waals surface area contributed by atoms with Crippen molar-refractivity contribution in [2.75, 3.05) is 13.1 Å². The largest absolute Gasteiger partial charge is 0.481 e. The number of aliphatic imine (C=N–C) groups is 1. The number of amidine groups is 1. The molecule has 2 aromatic rings. The second kappa shape index (κ2) is 8.21. The van der Waals surface area contributed by atoms with Gasteiger partial charge in [0.05, 0.1) is 6.54 Å². The SMILES string of the molecule is Cc1cccc(CSC2=NCCN2C(=O)C(C)Oc2ccccc2)c1. The average Bonchev–Trinajstić information content (AvgIpc) is 3.08. The van der Waals surface area contributed by atoms with Gasteiger partial charge in [-0.3, -0.25) is 14.7 Å². The number of para-hydroxylation sites is 1. The lowest BCUT2D eigenvalue weighted by molar-refractivity contribution is -0.133. The number of carbonyl (C=O) groups excluding carboxylic acids is 1. The van der Waals surface area contributed by atoms with E-state index in [0.717, 1.165) is 10.9 Å². The highest BCUT2D eigenvalue weighted by molar-refractivity contribution is 8.13. The Hall–Kier alpha value is -2.27. The molecule has 5 heteroatoms. The molecule has 1 aliphatic heterocycles. The number of nitrogens with zero attached hydrogens (tertiary/aromatic N) is 2. The Morgan fingerprint density at radius 2 is 2.04 bits per heavy atom. The van der Waals surface area contributed by atoms with Crippen LogP contribution in [0.4, 0.5) is 0 Å². The van der Waals surface area contributed by atoms with Gasteiger partial charge >= 0.3 is 0 Å². The number of hydrogen-bond acceptors (Lipinski definition) is 4. The van der Waals surface area contributed by atoms with E-state index in [4.69, 9.17) is 4.74 Å². The lowest BCUT2D eigenvalue weighted by Crippen LogP contribution is -2.41. The molecule has 1 amide bonds. The number of benzene rings is 2. The number of ether oxygens (including phenoxy) is 1. The molecule has 2 aromatic carbocycles. The van der Waals surface area contributed by atoms with Crippen LogP contribution in [0.2, 0.25) is 0 Å². The van der Waals surface area contributed by atoms with E-state index >= 15 is 0 Å². The highest BCUT2D eigenvalue weighted by atomic mass is 32.2. The van der Waals surface area contributed by atoms with E-state index in [1.807, 2.05) is 30.3 Å². The molecule has 0 spiro atoms. The highest BCUT2D eigenvalue weighted by Crippen LogP contribution is 2.22. The fourth-order valence-corrected chi connectivity index (χ4v) is 3.67. The van der Waals surface area contributed by atoms with E-state index in [0.29, 0.717) is 18.8 Å². The maximum absolute atomic E-state index is 12.7. The van der Waals surface area contributed by atoms with E-state index in [1.54, 1.807) is 23.6 Å². The van der Waals surface area contributed by atoms with E-state index < -0.39 is 6.10 Å². The molecule has 4 nitrogen and oxygen atoms in total. The van der Waals surface area contributed by atoms with Gasteiger partial charge in [-0.25, -0.2) is 0 Å². The zero-order chi connectivity index (χ0) is 17.6. The van der Waals surface area contributed by atoms with Crippen LogP contribution in [0, 0.1) is 6.92 Å². The number of rotatable bonds is 5. The van der Waals surface area contributed by atoms with Crippen molar-refractivity contribution in [1.82, 2.24) is 4.90 Å². The first kappa shape index (κ1) is 17.5. The van der Waals surface area contributed by atoms with Crippen LogP contribution < -0.4 is 4.74 Å². The lowest BCUT2D eigenvalue weighted by Gasteiger charge is -2.22. The van der Waals surface area contributed by atoms with Gasteiger partial charge in [0.1, 0.15) is 5.75 Å². The van der Waals surface area contributed by atoms with Gasteiger partial charge < -0.3 is 4.74 Å². The topological polar surface area (TPSA) is 41.9 Å². The van der Waals surface area contributed by atoms with Gasteiger partial charge in [-0.2, -0.15) is 0 Å². The molecular weight excluding hydrogens is 332 g/mol. The third-order valence-corrected chi connectivity index (χ3v) is 5.01. The number of hydrogen-bond donors (Lipinski definition) is 0.